The van der Waals surface area contributed by atoms with Crippen molar-refractivity contribution in [1.29, 1.82) is 0 Å². The van der Waals surface area contributed by atoms with Gasteiger partial charge in [0.25, 0.3) is 0 Å². The summed E-state index contributed by atoms with van der Waals surface area (Å²) in [4.78, 5) is 18.4. The molecule has 1 aromatic rings. The zero-order valence-corrected chi connectivity index (χ0v) is 12.9. The first-order valence-electron chi connectivity index (χ1n) is 7.93. The number of pyridine rings is 1. The number of nitrogens with zero attached hydrogens (tertiary/aromatic N) is 2. The topological polar surface area (TPSA) is 74.7 Å². The van der Waals surface area contributed by atoms with Gasteiger partial charge in [0.2, 0.25) is 5.91 Å². The Balaban J connectivity index is 1.49. The van der Waals surface area contributed by atoms with Crippen LogP contribution in [-0.4, -0.2) is 52.7 Å². The van der Waals surface area contributed by atoms with Crippen LogP contribution in [0.15, 0.2) is 18.3 Å². The number of aliphatic hydroxyl groups is 1. The molecule has 1 aromatic heterocycles. The third kappa shape index (κ3) is 3.96. The fourth-order valence-electron chi connectivity index (χ4n) is 2.55. The van der Waals surface area contributed by atoms with E-state index >= 15 is 0 Å². The minimum Gasteiger partial charge on any atom is -0.492 e. The lowest BCUT2D eigenvalue weighted by Crippen LogP contribution is -2.41. The second-order valence-corrected chi connectivity index (χ2v) is 6.24. The van der Waals surface area contributed by atoms with Crippen LogP contribution in [0, 0.1) is 5.92 Å². The normalized spacial score (nSPS) is 23.3. The van der Waals surface area contributed by atoms with Crippen molar-refractivity contribution in [2.75, 3.05) is 25.0 Å². The molecule has 3 rings (SSSR count). The summed E-state index contributed by atoms with van der Waals surface area (Å²) in [6.45, 7) is 3.90. The van der Waals surface area contributed by atoms with Gasteiger partial charge >= 0.3 is 0 Å². The Labute approximate surface area is 130 Å². The van der Waals surface area contributed by atoms with Crippen LogP contribution in [0.5, 0.6) is 5.75 Å². The van der Waals surface area contributed by atoms with E-state index in [0.29, 0.717) is 18.3 Å². The number of ether oxygens (including phenoxy) is 1. The van der Waals surface area contributed by atoms with Crippen molar-refractivity contribution in [3.63, 3.8) is 0 Å². The molecular weight excluding hydrogens is 282 g/mol. The second kappa shape index (κ2) is 6.62. The molecule has 2 unspecified atom stereocenters. The van der Waals surface area contributed by atoms with Crippen LogP contribution in [0.2, 0.25) is 0 Å². The maximum absolute atomic E-state index is 12.2. The van der Waals surface area contributed by atoms with Crippen LogP contribution in [0.4, 0.5) is 5.82 Å². The Morgan fingerprint density at radius 2 is 2.32 bits per heavy atom. The summed E-state index contributed by atoms with van der Waals surface area (Å²) in [5, 5.41) is 12.4. The zero-order valence-electron chi connectivity index (χ0n) is 12.9. The largest absolute Gasteiger partial charge is 0.492 e. The third-order valence-corrected chi connectivity index (χ3v) is 4.29. The summed E-state index contributed by atoms with van der Waals surface area (Å²) >= 11 is 0. The fraction of sp³-hybridized carbons (Fsp3) is 0.625. The maximum atomic E-state index is 12.2. The molecule has 0 radical (unpaired) electrons. The molecule has 2 atom stereocenters. The highest BCUT2D eigenvalue weighted by molar-refractivity contribution is 5.93. The summed E-state index contributed by atoms with van der Waals surface area (Å²) in [5.41, 5.74) is 0. The van der Waals surface area contributed by atoms with Gasteiger partial charge in [0.15, 0.2) is 0 Å². The molecule has 6 nitrogen and oxygen atoms in total. The van der Waals surface area contributed by atoms with Crippen LogP contribution in [0.1, 0.15) is 26.2 Å². The van der Waals surface area contributed by atoms with E-state index in [-0.39, 0.29) is 18.1 Å². The molecule has 0 bridgehead atoms. The van der Waals surface area contributed by atoms with Crippen LogP contribution >= 0.6 is 0 Å². The number of rotatable bonds is 6. The van der Waals surface area contributed by atoms with Crippen molar-refractivity contribution in [2.45, 2.75) is 38.3 Å². The van der Waals surface area contributed by atoms with Crippen molar-refractivity contribution in [2.24, 2.45) is 5.92 Å². The van der Waals surface area contributed by atoms with Gasteiger partial charge < -0.3 is 15.2 Å². The molecule has 1 amide bonds. The van der Waals surface area contributed by atoms with Gasteiger partial charge in [-0.25, -0.2) is 4.98 Å². The highest BCUT2D eigenvalue weighted by atomic mass is 16.5. The number of carbonyl (C=O) groups is 1. The van der Waals surface area contributed by atoms with Gasteiger partial charge in [-0.05, 0) is 44.2 Å². The van der Waals surface area contributed by atoms with Gasteiger partial charge in [0.05, 0.1) is 24.9 Å². The molecule has 1 aliphatic carbocycles. The Morgan fingerprint density at radius 3 is 2.91 bits per heavy atom. The summed E-state index contributed by atoms with van der Waals surface area (Å²) in [6, 6.07) is 3.31. The molecule has 2 fully saturated rings. The predicted molar refractivity (Wildman–Crippen MR) is 82.7 cm³/mol. The van der Waals surface area contributed by atoms with Gasteiger partial charge in [-0.3, -0.25) is 9.69 Å². The smallest absolute Gasteiger partial charge is 0.242 e. The Bertz CT molecular complexity index is 516. The van der Waals surface area contributed by atoms with E-state index in [2.05, 4.69) is 10.3 Å². The first-order valence-corrected chi connectivity index (χ1v) is 7.93. The molecule has 1 aliphatic heterocycles. The average molecular weight is 305 g/mol. The van der Waals surface area contributed by atoms with E-state index in [9.17, 15) is 9.90 Å². The Hall–Kier alpha value is -1.66. The zero-order chi connectivity index (χ0) is 15.5. The number of β-amino-alcohol motifs (C(OH)–C–C–N with tert-alkyl or cyclic N) is 1. The molecule has 1 saturated heterocycles. The first-order chi connectivity index (χ1) is 10.6. The lowest BCUT2D eigenvalue weighted by Gasteiger charge is -2.22. The molecule has 1 saturated carbocycles. The van der Waals surface area contributed by atoms with Gasteiger partial charge in [0, 0.05) is 13.1 Å². The number of hydrogen-bond acceptors (Lipinski definition) is 5. The number of hydrogen-bond donors (Lipinski definition) is 2. The highest BCUT2D eigenvalue weighted by Crippen LogP contribution is 2.29. The number of likely N-dealkylation sites (tertiary alicyclic amines) is 1. The van der Waals surface area contributed by atoms with Crippen LogP contribution in [-0.2, 0) is 4.79 Å². The summed E-state index contributed by atoms with van der Waals surface area (Å²) in [6.07, 6.45) is 4.55. The number of carbonyl (C=O) groups excluding carboxylic acids is 1. The third-order valence-electron chi connectivity index (χ3n) is 4.29. The molecular formula is C16H23N3O3. The van der Waals surface area contributed by atoms with E-state index in [4.69, 9.17) is 4.74 Å². The summed E-state index contributed by atoms with van der Waals surface area (Å²) in [5.74, 6) is 1.86. The molecule has 22 heavy (non-hydrogen) atoms. The number of anilines is 1. The van der Waals surface area contributed by atoms with E-state index in [1.165, 1.54) is 12.8 Å². The number of nitrogens with one attached hydrogen (secondary N) is 1. The molecule has 2 N–H and O–H groups in total. The fourth-order valence-corrected chi connectivity index (χ4v) is 2.55. The second-order valence-electron chi connectivity index (χ2n) is 6.24. The minimum atomic E-state index is -0.323. The molecule has 2 aliphatic rings. The number of aliphatic hydroxyl groups excluding tert-OH is 1. The van der Waals surface area contributed by atoms with E-state index in [1.54, 1.807) is 12.3 Å². The highest BCUT2D eigenvalue weighted by Gasteiger charge is 2.28. The van der Waals surface area contributed by atoms with Gasteiger partial charge in [-0.2, -0.15) is 0 Å². The first kappa shape index (κ1) is 15.2. The molecule has 6 heteroatoms. The molecule has 2 heterocycles. The van der Waals surface area contributed by atoms with Crippen LogP contribution < -0.4 is 10.1 Å². The van der Waals surface area contributed by atoms with E-state index in [0.717, 1.165) is 25.3 Å². The summed E-state index contributed by atoms with van der Waals surface area (Å²) in [7, 11) is 0. The van der Waals surface area contributed by atoms with E-state index < -0.39 is 0 Å². The standard InChI is InChI=1S/C16H23N3O3/c1-11(19-7-6-13(20)9-19)16(21)18-15-5-4-14(8-17-15)22-10-12-2-3-12/h4-5,8,11-13,20H,2-3,6-7,9-10H2,1H3,(H,17,18,21). The van der Waals surface area contributed by atoms with Crippen molar-refractivity contribution in [1.82, 2.24) is 9.88 Å². The van der Waals surface area contributed by atoms with Gasteiger partial charge in [-0.1, -0.05) is 0 Å². The number of aromatic nitrogens is 1. The average Bonchev–Trinajstić information content (AvgIpc) is 3.25. The van der Waals surface area contributed by atoms with Crippen molar-refractivity contribution >= 4 is 11.7 Å². The maximum Gasteiger partial charge on any atom is 0.242 e. The number of amides is 1. The molecule has 0 aromatic carbocycles. The minimum absolute atomic E-state index is 0.103. The van der Waals surface area contributed by atoms with Crippen LogP contribution in [0.3, 0.4) is 0 Å². The van der Waals surface area contributed by atoms with Gasteiger partial charge in [0.1, 0.15) is 11.6 Å². The molecule has 0 spiro atoms. The SMILES string of the molecule is CC(C(=O)Nc1ccc(OCC2CC2)cn1)N1CCC(O)C1. The van der Waals surface area contributed by atoms with Crippen molar-refractivity contribution in [3.05, 3.63) is 18.3 Å². The Kier molecular flexibility index (Phi) is 4.59. The molecule has 120 valence electrons. The quantitative estimate of drug-likeness (QED) is 0.828. The lowest BCUT2D eigenvalue weighted by atomic mass is 10.2. The van der Waals surface area contributed by atoms with Crippen molar-refractivity contribution in [3.8, 4) is 5.75 Å². The summed E-state index contributed by atoms with van der Waals surface area (Å²) < 4.78 is 5.62. The predicted octanol–water partition coefficient (Wildman–Crippen LogP) is 1.26. The monoisotopic (exact) mass is 305 g/mol. The van der Waals surface area contributed by atoms with E-state index in [1.807, 2.05) is 17.9 Å². The lowest BCUT2D eigenvalue weighted by molar-refractivity contribution is -0.120. The van der Waals surface area contributed by atoms with Crippen LogP contribution in [0.25, 0.3) is 0 Å². The van der Waals surface area contributed by atoms with Gasteiger partial charge in [-0.15, -0.1) is 0 Å². The van der Waals surface area contributed by atoms with Crippen molar-refractivity contribution < 1.29 is 14.6 Å². The Morgan fingerprint density at radius 1 is 1.50 bits per heavy atom.